The van der Waals surface area contributed by atoms with Crippen LogP contribution in [0.4, 0.5) is 0 Å². The fourth-order valence-electron chi connectivity index (χ4n) is 4.46. The highest BCUT2D eigenvalue weighted by Crippen LogP contribution is 2.35. The molecule has 0 aromatic heterocycles. The molecule has 0 spiro atoms. The molecule has 2 aromatic carbocycles. The van der Waals surface area contributed by atoms with Gasteiger partial charge in [0.1, 0.15) is 6.10 Å². The minimum Gasteiger partial charge on any atom is -0.462 e. The molecule has 0 N–H and O–H groups in total. The second-order valence-electron chi connectivity index (χ2n) is 9.38. The summed E-state index contributed by atoms with van der Waals surface area (Å²) in [5.41, 5.74) is 2.56. The first kappa shape index (κ1) is 24.7. The molecule has 3 atom stereocenters. The Hall–Kier alpha value is -2.95. The van der Waals surface area contributed by atoms with Crippen molar-refractivity contribution < 1.29 is 23.9 Å². The van der Waals surface area contributed by atoms with Gasteiger partial charge >= 0.3 is 11.9 Å². The van der Waals surface area contributed by atoms with Crippen LogP contribution in [-0.2, 0) is 19.1 Å². The number of benzene rings is 2. The second-order valence-corrected chi connectivity index (χ2v) is 9.38. The zero-order valence-corrected chi connectivity index (χ0v) is 19.8. The maximum atomic E-state index is 12.4. The first-order valence-electron chi connectivity index (χ1n) is 11.9. The number of carbonyl (C=O) groups excluding carboxylic acids is 3. The summed E-state index contributed by atoms with van der Waals surface area (Å²) in [6.45, 7) is 6.16. The van der Waals surface area contributed by atoms with Gasteiger partial charge in [-0.1, -0.05) is 81.8 Å². The Labute approximate surface area is 196 Å². The molecule has 1 saturated carbocycles. The summed E-state index contributed by atoms with van der Waals surface area (Å²) in [4.78, 5) is 36.7. The Bertz CT molecular complexity index is 933. The molecule has 33 heavy (non-hydrogen) atoms. The Morgan fingerprint density at radius 3 is 2.18 bits per heavy atom. The molecule has 5 heteroatoms. The van der Waals surface area contributed by atoms with Gasteiger partial charge in [0.25, 0.3) is 0 Å². The lowest BCUT2D eigenvalue weighted by atomic mass is 9.75. The molecule has 0 unspecified atom stereocenters. The molecule has 176 valence electrons. The summed E-state index contributed by atoms with van der Waals surface area (Å²) >= 11 is 0. The van der Waals surface area contributed by atoms with Crippen LogP contribution in [0.2, 0.25) is 0 Å². The van der Waals surface area contributed by atoms with Gasteiger partial charge in [0, 0.05) is 5.56 Å². The number of carbonyl (C=O) groups is 3. The van der Waals surface area contributed by atoms with Crippen LogP contribution < -0.4 is 0 Å². The lowest BCUT2D eigenvalue weighted by Crippen LogP contribution is -2.36. The maximum Gasteiger partial charge on any atom is 0.306 e. The largest absolute Gasteiger partial charge is 0.462 e. The first-order chi connectivity index (χ1) is 15.8. The minimum atomic E-state index is -0.571. The Morgan fingerprint density at radius 2 is 1.52 bits per heavy atom. The minimum absolute atomic E-state index is 0.0332. The van der Waals surface area contributed by atoms with Gasteiger partial charge in [0.15, 0.2) is 12.4 Å². The van der Waals surface area contributed by atoms with Crippen molar-refractivity contribution in [2.45, 2.75) is 59.0 Å². The van der Waals surface area contributed by atoms with E-state index in [9.17, 15) is 14.4 Å². The van der Waals surface area contributed by atoms with Crippen molar-refractivity contribution in [1.82, 2.24) is 0 Å². The third kappa shape index (κ3) is 7.28. The van der Waals surface area contributed by atoms with Crippen LogP contribution in [-0.4, -0.2) is 30.4 Å². The highest BCUT2D eigenvalue weighted by molar-refractivity contribution is 5.98. The molecule has 1 aliphatic rings. The number of hydrogen-bond donors (Lipinski definition) is 0. The van der Waals surface area contributed by atoms with Crippen molar-refractivity contribution in [2.24, 2.45) is 17.8 Å². The number of ether oxygens (including phenoxy) is 2. The third-order valence-corrected chi connectivity index (χ3v) is 6.46. The number of hydrogen-bond acceptors (Lipinski definition) is 5. The highest BCUT2D eigenvalue weighted by atomic mass is 16.5. The summed E-state index contributed by atoms with van der Waals surface area (Å²) < 4.78 is 10.8. The Kier molecular flexibility index (Phi) is 8.81. The van der Waals surface area contributed by atoms with E-state index in [2.05, 4.69) is 20.8 Å². The van der Waals surface area contributed by atoms with Crippen molar-refractivity contribution in [2.75, 3.05) is 6.61 Å². The second kappa shape index (κ2) is 11.8. The fraction of sp³-hybridized carbons (Fsp3) is 0.464. The molecule has 3 rings (SSSR count). The number of esters is 2. The summed E-state index contributed by atoms with van der Waals surface area (Å²) in [5, 5.41) is 0. The van der Waals surface area contributed by atoms with Crippen molar-refractivity contribution in [3.63, 3.8) is 0 Å². The van der Waals surface area contributed by atoms with E-state index in [1.165, 1.54) is 0 Å². The average Bonchev–Trinajstić information content (AvgIpc) is 2.81. The molecule has 0 radical (unpaired) electrons. The molecule has 0 aliphatic heterocycles. The zero-order valence-electron chi connectivity index (χ0n) is 19.8. The maximum absolute atomic E-state index is 12.4. The smallest absolute Gasteiger partial charge is 0.306 e. The zero-order chi connectivity index (χ0) is 23.8. The monoisotopic (exact) mass is 450 g/mol. The van der Waals surface area contributed by atoms with E-state index in [-0.39, 0.29) is 37.3 Å². The van der Waals surface area contributed by atoms with Crippen molar-refractivity contribution in [3.05, 3.63) is 60.2 Å². The summed E-state index contributed by atoms with van der Waals surface area (Å²) in [7, 11) is 0. The van der Waals surface area contributed by atoms with Crippen LogP contribution in [0.3, 0.4) is 0 Å². The van der Waals surface area contributed by atoms with Gasteiger partial charge in [-0.3, -0.25) is 14.4 Å². The van der Waals surface area contributed by atoms with E-state index in [4.69, 9.17) is 9.47 Å². The van der Waals surface area contributed by atoms with Crippen LogP contribution in [0.25, 0.3) is 11.1 Å². The first-order valence-corrected chi connectivity index (χ1v) is 11.9. The lowest BCUT2D eigenvalue weighted by molar-refractivity contribution is -0.158. The van der Waals surface area contributed by atoms with Gasteiger partial charge in [0.05, 0.1) is 12.8 Å². The lowest BCUT2D eigenvalue weighted by Gasteiger charge is -2.36. The van der Waals surface area contributed by atoms with E-state index < -0.39 is 5.97 Å². The van der Waals surface area contributed by atoms with Gasteiger partial charge in [-0.25, -0.2) is 0 Å². The van der Waals surface area contributed by atoms with Crippen molar-refractivity contribution in [3.8, 4) is 11.1 Å². The SMILES string of the molecule is CC(C)[C@H]1CC[C@@H](C)C[C@H]1OC(=O)CCC(=O)OCC(=O)c1ccc(-c2ccccc2)cc1. The fourth-order valence-corrected chi connectivity index (χ4v) is 4.46. The molecular formula is C28H34O5. The van der Waals surface area contributed by atoms with E-state index in [1.807, 2.05) is 42.5 Å². The molecule has 5 nitrogen and oxygen atoms in total. The molecule has 1 fully saturated rings. The molecule has 0 amide bonds. The van der Waals surface area contributed by atoms with Crippen molar-refractivity contribution >= 4 is 17.7 Å². The Balaban J connectivity index is 1.41. The molecule has 1 aliphatic carbocycles. The predicted molar refractivity (Wildman–Crippen MR) is 128 cm³/mol. The van der Waals surface area contributed by atoms with E-state index in [1.54, 1.807) is 12.1 Å². The summed E-state index contributed by atoms with van der Waals surface area (Å²) in [5.74, 6) is 0.131. The molecule has 0 bridgehead atoms. The normalized spacial score (nSPS) is 20.3. The number of rotatable bonds is 9. The highest BCUT2D eigenvalue weighted by Gasteiger charge is 2.33. The quantitative estimate of drug-likeness (QED) is 0.353. The average molecular weight is 451 g/mol. The van der Waals surface area contributed by atoms with Gasteiger partial charge < -0.3 is 9.47 Å². The van der Waals surface area contributed by atoms with Crippen LogP contribution in [0.15, 0.2) is 54.6 Å². The van der Waals surface area contributed by atoms with E-state index in [0.29, 0.717) is 23.3 Å². The summed E-state index contributed by atoms with van der Waals surface area (Å²) in [6.07, 6.45) is 2.89. The molecule has 0 saturated heterocycles. The van der Waals surface area contributed by atoms with Gasteiger partial charge in [-0.15, -0.1) is 0 Å². The third-order valence-electron chi connectivity index (χ3n) is 6.46. The number of ketones is 1. The Morgan fingerprint density at radius 1 is 0.879 bits per heavy atom. The molecule has 0 heterocycles. The van der Waals surface area contributed by atoms with Crippen LogP contribution >= 0.6 is 0 Å². The van der Waals surface area contributed by atoms with E-state index in [0.717, 1.165) is 30.4 Å². The van der Waals surface area contributed by atoms with Crippen molar-refractivity contribution in [1.29, 1.82) is 0 Å². The predicted octanol–water partition coefficient (Wildman–Crippen LogP) is 5.86. The standard InChI is InChI=1S/C28H34O5/c1-19(2)24-14-9-20(3)17-26(24)33-28(31)16-15-27(30)32-18-25(29)23-12-10-22(11-13-23)21-7-5-4-6-8-21/h4-8,10-13,19-20,24,26H,9,14-18H2,1-3H3/t20-,24-,26-/m1/s1. The topological polar surface area (TPSA) is 69.7 Å². The molecule has 2 aromatic rings. The number of Topliss-reactive ketones (excluding diaryl/α,β-unsaturated/α-hetero) is 1. The molecular weight excluding hydrogens is 416 g/mol. The van der Waals surface area contributed by atoms with Crippen LogP contribution in [0, 0.1) is 17.8 Å². The van der Waals surface area contributed by atoms with E-state index >= 15 is 0 Å². The summed E-state index contributed by atoms with van der Waals surface area (Å²) in [6, 6.07) is 17.1. The van der Waals surface area contributed by atoms with Gasteiger partial charge in [-0.2, -0.15) is 0 Å². The van der Waals surface area contributed by atoms with Crippen LogP contribution in [0.5, 0.6) is 0 Å². The van der Waals surface area contributed by atoms with Crippen LogP contribution in [0.1, 0.15) is 63.2 Å². The van der Waals surface area contributed by atoms with Gasteiger partial charge in [0.2, 0.25) is 0 Å². The van der Waals surface area contributed by atoms with Gasteiger partial charge in [-0.05, 0) is 41.7 Å².